The summed E-state index contributed by atoms with van der Waals surface area (Å²) in [4.78, 5) is 52.0. The van der Waals surface area contributed by atoms with Crippen molar-refractivity contribution in [1.82, 2.24) is 29.1 Å². The van der Waals surface area contributed by atoms with Crippen molar-refractivity contribution in [3.05, 3.63) is 93.5 Å². The highest BCUT2D eigenvalue weighted by Gasteiger charge is 2.14. The molecule has 0 saturated heterocycles. The quantitative estimate of drug-likeness (QED) is 0.537. The molecule has 0 aliphatic rings. The fraction of sp³-hybridized carbons (Fsp3) is 0.0526. The molecule has 0 radical (unpaired) electrons. The smallest absolute Gasteiger partial charge is 0.305 e. The topological polar surface area (TPSA) is 128 Å². The number of nitrogens with one attached hydrogen (secondary N) is 2. The van der Waals surface area contributed by atoms with Gasteiger partial charge < -0.3 is 10.3 Å². The Morgan fingerprint density at radius 1 is 1.07 bits per heavy atom. The lowest BCUT2D eigenvalue weighted by Gasteiger charge is -2.08. The van der Waals surface area contributed by atoms with Crippen molar-refractivity contribution in [2.45, 2.75) is 6.92 Å². The summed E-state index contributed by atoms with van der Waals surface area (Å²) in [6.07, 6.45) is 4.65. The van der Waals surface area contributed by atoms with Crippen molar-refractivity contribution < 1.29 is 4.79 Å². The van der Waals surface area contributed by atoms with E-state index in [1.54, 1.807) is 53.4 Å². The zero-order chi connectivity index (χ0) is 20.4. The molecule has 1 aromatic carbocycles. The highest BCUT2D eigenvalue weighted by atomic mass is 16.2. The van der Waals surface area contributed by atoms with Crippen LogP contribution in [-0.2, 0) is 0 Å². The number of imidazole rings is 1. The zero-order valence-corrected chi connectivity index (χ0v) is 15.2. The van der Waals surface area contributed by atoms with Crippen LogP contribution in [-0.4, -0.2) is 35.0 Å². The van der Waals surface area contributed by atoms with Crippen LogP contribution in [0.5, 0.6) is 0 Å². The lowest BCUT2D eigenvalue weighted by molar-refractivity contribution is 0.102. The van der Waals surface area contributed by atoms with Gasteiger partial charge in [0.25, 0.3) is 11.5 Å². The molecule has 0 aliphatic heterocycles. The molecule has 0 spiro atoms. The first-order valence-electron chi connectivity index (χ1n) is 8.58. The van der Waals surface area contributed by atoms with Crippen LogP contribution in [0.2, 0.25) is 0 Å². The molecule has 0 saturated carbocycles. The Morgan fingerprint density at radius 3 is 2.55 bits per heavy atom. The van der Waals surface area contributed by atoms with Gasteiger partial charge in [-0.2, -0.15) is 0 Å². The molecule has 4 aromatic rings. The van der Waals surface area contributed by atoms with Crippen LogP contribution in [0.15, 0.2) is 70.8 Å². The molecule has 3 aromatic heterocycles. The number of nitrogens with zero attached hydrogens (tertiary/aromatic N) is 5. The number of amides is 1. The van der Waals surface area contributed by atoms with Gasteiger partial charge in [-0.3, -0.25) is 14.2 Å². The van der Waals surface area contributed by atoms with Crippen LogP contribution in [0.4, 0.5) is 5.82 Å². The second-order valence-corrected chi connectivity index (χ2v) is 6.06. The van der Waals surface area contributed by atoms with Crippen molar-refractivity contribution in [2.24, 2.45) is 0 Å². The van der Waals surface area contributed by atoms with E-state index in [-0.39, 0.29) is 11.5 Å². The van der Waals surface area contributed by atoms with Gasteiger partial charge in [-0.25, -0.2) is 24.3 Å². The van der Waals surface area contributed by atoms with Gasteiger partial charge >= 0.3 is 5.69 Å². The average molecular weight is 389 g/mol. The minimum Gasteiger partial charge on any atom is -0.305 e. The van der Waals surface area contributed by atoms with E-state index in [4.69, 9.17) is 0 Å². The molecular formula is C19H15N7O3. The fourth-order valence-corrected chi connectivity index (χ4v) is 2.79. The number of rotatable bonds is 4. The third-order valence-electron chi connectivity index (χ3n) is 4.16. The van der Waals surface area contributed by atoms with Gasteiger partial charge in [0.15, 0.2) is 0 Å². The van der Waals surface area contributed by atoms with E-state index in [9.17, 15) is 14.4 Å². The molecule has 4 rings (SSSR count). The third-order valence-corrected chi connectivity index (χ3v) is 4.16. The average Bonchev–Trinajstić information content (AvgIpc) is 3.14. The summed E-state index contributed by atoms with van der Waals surface area (Å²) in [7, 11) is 0. The van der Waals surface area contributed by atoms with E-state index in [1.165, 1.54) is 6.33 Å². The van der Waals surface area contributed by atoms with Crippen molar-refractivity contribution in [2.75, 3.05) is 5.32 Å². The highest BCUT2D eigenvalue weighted by molar-refractivity contribution is 6.02. The number of aromatic nitrogens is 6. The first-order valence-corrected chi connectivity index (χ1v) is 8.58. The van der Waals surface area contributed by atoms with Crippen molar-refractivity contribution in [3.8, 4) is 11.5 Å². The van der Waals surface area contributed by atoms with E-state index < -0.39 is 17.2 Å². The number of hydrogen-bond donors (Lipinski definition) is 2. The van der Waals surface area contributed by atoms with Gasteiger partial charge in [0, 0.05) is 24.5 Å². The number of carbonyl (C=O) groups excluding carboxylic acids is 1. The van der Waals surface area contributed by atoms with E-state index in [2.05, 4.69) is 25.3 Å². The summed E-state index contributed by atoms with van der Waals surface area (Å²) in [6, 6.07) is 11.0. The predicted octanol–water partition coefficient (Wildman–Crippen LogP) is 1.06. The lowest BCUT2D eigenvalue weighted by atomic mass is 10.3. The van der Waals surface area contributed by atoms with Gasteiger partial charge in [-0.05, 0) is 19.1 Å². The van der Waals surface area contributed by atoms with Gasteiger partial charge in [0.2, 0.25) is 0 Å². The lowest BCUT2D eigenvalue weighted by Crippen LogP contribution is -2.35. The second kappa shape index (κ2) is 7.35. The van der Waals surface area contributed by atoms with E-state index in [0.717, 1.165) is 16.5 Å². The minimum atomic E-state index is -0.716. The Hall–Kier alpha value is -4.34. The summed E-state index contributed by atoms with van der Waals surface area (Å²) < 4.78 is 2.67. The summed E-state index contributed by atoms with van der Waals surface area (Å²) in [6.45, 7) is 1.81. The molecule has 0 fully saturated rings. The Morgan fingerprint density at radius 2 is 1.86 bits per heavy atom. The van der Waals surface area contributed by atoms with Crippen molar-refractivity contribution in [3.63, 3.8) is 0 Å². The Kier molecular flexibility index (Phi) is 4.57. The number of hydrogen-bond acceptors (Lipinski definition) is 6. The Bertz CT molecular complexity index is 1270. The van der Waals surface area contributed by atoms with Gasteiger partial charge in [0.05, 0.1) is 5.69 Å². The van der Waals surface area contributed by atoms with Crippen LogP contribution in [0.3, 0.4) is 0 Å². The van der Waals surface area contributed by atoms with Crippen molar-refractivity contribution >= 4 is 11.7 Å². The fourth-order valence-electron chi connectivity index (χ4n) is 2.79. The van der Waals surface area contributed by atoms with Crippen molar-refractivity contribution in [1.29, 1.82) is 0 Å². The molecular weight excluding hydrogens is 374 g/mol. The van der Waals surface area contributed by atoms with E-state index in [1.807, 2.05) is 6.92 Å². The molecule has 1 amide bonds. The summed E-state index contributed by atoms with van der Waals surface area (Å²) >= 11 is 0. The number of H-pyrrole nitrogens is 1. The molecule has 10 nitrogen and oxygen atoms in total. The first-order chi connectivity index (χ1) is 14.0. The Balaban J connectivity index is 1.62. The third kappa shape index (κ3) is 3.58. The number of anilines is 1. The monoisotopic (exact) mass is 389 g/mol. The molecule has 3 heterocycles. The van der Waals surface area contributed by atoms with Gasteiger partial charge in [0.1, 0.15) is 29.5 Å². The standard InChI is InChI=1S/C19H15N7O3/c1-12-20-7-8-25(12)16-10-15(21-11-22-16)24-18(28)14-9-17(27)26(19(29)23-14)13-5-3-2-4-6-13/h2-11H,1H3,(H,23,29)(H,21,22,24,28). The summed E-state index contributed by atoms with van der Waals surface area (Å²) in [5.41, 5.74) is -1.11. The molecule has 2 N–H and O–H groups in total. The van der Waals surface area contributed by atoms with Crippen LogP contribution < -0.4 is 16.6 Å². The number of aryl methyl sites for hydroxylation is 1. The van der Waals surface area contributed by atoms with Crippen LogP contribution >= 0.6 is 0 Å². The largest absolute Gasteiger partial charge is 0.333 e. The molecule has 0 unspecified atom stereocenters. The number of carbonyl (C=O) groups is 1. The summed E-state index contributed by atoms with van der Waals surface area (Å²) in [5.74, 6) is 0.765. The predicted molar refractivity (Wildman–Crippen MR) is 105 cm³/mol. The van der Waals surface area contributed by atoms with Crippen LogP contribution in [0.25, 0.3) is 11.5 Å². The van der Waals surface area contributed by atoms with Gasteiger partial charge in [-0.1, -0.05) is 18.2 Å². The van der Waals surface area contributed by atoms with E-state index >= 15 is 0 Å². The minimum absolute atomic E-state index is 0.175. The summed E-state index contributed by atoms with van der Waals surface area (Å²) in [5, 5.41) is 2.55. The number of aromatic amines is 1. The molecule has 10 heteroatoms. The molecule has 0 atom stereocenters. The van der Waals surface area contributed by atoms with Crippen LogP contribution in [0, 0.1) is 6.92 Å². The maximum atomic E-state index is 12.5. The normalized spacial score (nSPS) is 10.7. The van der Waals surface area contributed by atoms with Crippen LogP contribution in [0.1, 0.15) is 16.3 Å². The van der Waals surface area contributed by atoms with Gasteiger partial charge in [-0.15, -0.1) is 0 Å². The first kappa shape index (κ1) is 18.0. The van der Waals surface area contributed by atoms with E-state index in [0.29, 0.717) is 11.5 Å². The molecule has 0 aliphatic carbocycles. The molecule has 0 bridgehead atoms. The Labute approximate surface area is 163 Å². The number of para-hydroxylation sites is 1. The highest BCUT2D eigenvalue weighted by Crippen LogP contribution is 2.11. The molecule has 29 heavy (non-hydrogen) atoms. The number of benzene rings is 1. The zero-order valence-electron chi connectivity index (χ0n) is 15.2. The second-order valence-electron chi connectivity index (χ2n) is 6.06. The maximum Gasteiger partial charge on any atom is 0.333 e. The SMILES string of the molecule is Cc1nccn1-c1cc(NC(=O)c2cc(=O)n(-c3ccccc3)c(=O)[nH]2)ncn1. The molecule has 144 valence electrons. The maximum absolute atomic E-state index is 12.5.